The molecule has 1 fully saturated rings. The lowest BCUT2D eigenvalue weighted by Crippen LogP contribution is -2.52. The number of pyridine rings is 2. The fourth-order valence-electron chi connectivity index (χ4n) is 4.58. The number of fused-ring (bicyclic) bond motifs is 1. The number of hydrogen-bond acceptors (Lipinski definition) is 6. The minimum Gasteiger partial charge on any atom is -0.365 e. The van der Waals surface area contributed by atoms with Crippen LogP contribution in [0.5, 0.6) is 0 Å². The zero-order valence-electron chi connectivity index (χ0n) is 19.4. The lowest BCUT2D eigenvalue weighted by Gasteiger charge is -2.37. The highest BCUT2D eigenvalue weighted by Gasteiger charge is 2.36. The molecule has 8 heteroatoms. The van der Waals surface area contributed by atoms with Gasteiger partial charge < -0.3 is 20.9 Å². The summed E-state index contributed by atoms with van der Waals surface area (Å²) in [6.45, 7) is 8.00. The monoisotopic (exact) mass is 447 g/mol. The number of nitrogens with one attached hydrogen (secondary N) is 2. The predicted octanol–water partition coefficient (Wildman–Crippen LogP) is 3.39. The Morgan fingerprint density at radius 3 is 2.70 bits per heavy atom. The second kappa shape index (κ2) is 8.44. The molecule has 3 aromatic rings. The van der Waals surface area contributed by atoms with Crippen molar-refractivity contribution in [2.24, 2.45) is 5.73 Å². The Morgan fingerprint density at radius 1 is 1.24 bits per heavy atom. The van der Waals surface area contributed by atoms with Gasteiger partial charge in [-0.05, 0) is 63.4 Å². The van der Waals surface area contributed by atoms with Gasteiger partial charge in [0.05, 0.1) is 17.4 Å². The number of aromatic nitrogens is 2. The van der Waals surface area contributed by atoms with Crippen molar-refractivity contribution in [2.45, 2.75) is 52.1 Å². The molecular formula is C25H29N5O3. The molecule has 172 valence electrons. The van der Waals surface area contributed by atoms with Crippen LogP contribution in [-0.4, -0.2) is 39.8 Å². The summed E-state index contributed by atoms with van der Waals surface area (Å²) in [6.07, 6.45) is 3.48. The fourth-order valence-corrected chi connectivity index (χ4v) is 4.58. The number of carbonyl (C=O) groups is 2. The van der Waals surface area contributed by atoms with Crippen molar-refractivity contribution >= 4 is 34.0 Å². The van der Waals surface area contributed by atoms with E-state index < -0.39 is 5.54 Å². The largest absolute Gasteiger partial charge is 0.365 e. The Morgan fingerprint density at radius 2 is 2.00 bits per heavy atom. The normalized spacial score (nSPS) is 16.3. The average Bonchev–Trinajstić information content (AvgIpc) is 3.24. The van der Waals surface area contributed by atoms with E-state index in [0.717, 1.165) is 30.3 Å². The number of Topliss-reactive ketones (excluding diaryl/α,β-unsaturated/α-hetero) is 1. The first kappa shape index (κ1) is 22.7. The first-order chi connectivity index (χ1) is 15.5. The van der Waals surface area contributed by atoms with Gasteiger partial charge in [0, 0.05) is 47.7 Å². The van der Waals surface area contributed by atoms with Crippen molar-refractivity contribution < 1.29 is 9.59 Å². The van der Waals surface area contributed by atoms with E-state index in [1.807, 2.05) is 26.8 Å². The topological polar surface area (TPSA) is 121 Å². The van der Waals surface area contributed by atoms with Gasteiger partial charge in [0.1, 0.15) is 5.69 Å². The van der Waals surface area contributed by atoms with Crippen molar-refractivity contribution in [1.29, 1.82) is 0 Å². The molecule has 1 saturated heterocycles. The molecule has 1 atom stereocenters. The van der Waals surface area contributed by atoms with E-state index in [2.05, 4.69) is 20.2 Å². The summed E-state index contributed by atoms with van der Waals surface area (Å²) in [7, 11) is 0. The minimum atomic E-state index is -0.462. The highest BCUT2D eigenvalue weighted by molar-refractivity contribution is 6.10. The van der Waals surface area contributed by atoms with Crippen LogP contribution in [0, 0.1) is 6.92 Å². The van der Waals surface area contributed by atoms with Crippen LogP contribution in [0.4, 0.5) is 11.4 Å². The molecular weight excluding hydrogens is 418 g/mol. The van der Waals surface area contributed by atoms with E-state index in [1.54, 1.807) is 24.4 Å². The quantitative estimate of drug-likeness (QED) is 0.516. The minimum absolute atomic E-state index is 0.0502. The standard InChI is InChI=1S/C25H29N5O3/c1-14-10-23(32)29-19-8-7-16(11-17(14)19)28-24(33)18-12-20(15(2)31)27-13-21(18)30-9-5-6-22(30)25(3,4)26/h7-8,10-13,22H,5-6,9,26H2,1-4H3,(H,28,33)(H,29,32). The molecule has 0 radical (unpaired) electrons. The Bertz CT molecular complexity index is 1310. The summed E-state index contributed by atoms with van der Waals surface area (Å²) in [5, 5.41) is 3.79. The van der Waals surface area contributed by atoms with Crippen LogP contribution in [-0.2, 0) is 0 Å². The number of benzene rings is 1. The van der Waals surface area contributed by atoms with Crippen LogP contribution in [0.15, 0.2) is 41.3 Å². The number of nitrogens with two attached hydrogens (primary N) is 1. The van der Waals surface area contributed by atoms with Gasteiger partial charge in [0.2, 0.25) is 5.56 Å². The number of aromatic amines is 1. The predicted molar refractivity (Wildman–Crippen MR) is 130 cm³/mol. The highest BCUT2D eigenvalue weighted by Crippen LogP contribution is 2.33. The molecule has 0 spiro atoms. The van der Waals surface area contributed by atoms with Crippen molar-refractivity contribution in [3.63, 3.8) is 0 Å². The molecule has 2 aromatic heterocycles. The molecule has 0 saturated carbocycles. The summed E-state index contributed by atoms with van der Waals surface area (Å²) >= 11 is 0. The number of nitrogens with zero attached hydrogens (tertiary/aromatic N) is 2. The Balaban J connectivity index is 1.73. The van der Waals surface area contributed by atoms with Crippen LogP contribution in [0.2, 0.25) is 0 Å². The molecule has 8 nitrogen and oxygen atoms in total. The van der Waals surface area contributed by atoms with E-state index in [0.29, 0.717) is 22.5 Å². The van der Waals surface area contributed by atoms with Crippen LogP contribution in [0.3, 0.4) is 0 Å². The summed E-state index contributed by atoms with van der Waals surface area (Å²) in [5.74, 6) is -0.546. The Labute approximate surface area is 192 Å². The van der Waals surface area contributed by atoms with E-state index in [9.17, 15) is 14.4 Å². The van der Waals surface area contributed by atoms with Gasteiger partial charge in [-0.2, -0.15) is 0 Å². The van der Waals surface area contributed by atoms with Crippen molar-refractivity contribution in [3.8, 4) is 0 Å². The molecule has 4 rings (SSSR count). The first-order valence-corrected chi connectivity index (χ1v) is 11.1. The van der Waals surface area contributed by atoms with Gasteiger partial charge in [0.15, 0.2) is 5.78 Å². The molecule has 1 aliphatic rings. The third-order valence-electron chi connectivity index (χ3n) is 6.22. The van der Waals surface area contributed by atoms with Crippen molar-refractivity contribution in [1.82, 2.24) is 9.97 Å². The zero-order chi connectivity index (χ0) is 23.9. The lowest BCUT2D eigenvalue weighted by molar-refractivity contribution is 0.101. The summed E-state index contributed by atoms with van der Waals surface area (Å²) in [4.78, 5) is 46.4. The number of aryl methyl sites for hydroxylation is 1. The van der Waals surface area contributed by atoms with E-state index in [1.165, 1.54) is 13.0 Å². The number of ketones is 1. The van der Waals surface area contributed by atoms with E-state index >= 15 is 0 Å². The first-order valence-electron chi connectivity index (χ1n) is 11.1. The molecule has 33 heavy (non-hydrogen) atoms. The van der Waals surface area contributed by atoms with Crippen LogP contribution >= 0.6 is 0 Å². The summed E-state index contributed by atoms with van der Waals surface area (Å²) < 4.78 is 0. The number of carbonyl (C=O) groups excluding carboxylic acids is 2. The number of rotatable bonds is 5. The number of hydrogen-bond donors (Lipinski definition) is 3. The molecule has 0 aliphatic carbocycles. The Hall–Kier alpha value is -3.52. The van der Waals surface area contributed by atoms with Gasteiger partial charge in [-0.25, -0.2) is 0 Å². The maximum absolute atomic E-state index is 13.4. The molecule has 1 amide bonds. The zero-order valence-corrected chi connectivity index (χ0v) is 19.4. The van der Waals surface area contributed by atoms with Gasteiger partial charge in [-0.15, -0.1) is 0 Å². The van der Waals surface area contributed by atoms with Gasteiger partial charge in [0.25, 0.3) is 5.91 Å². The molecule has 1 aromatic carbocycles. The third kappa shape index (κ3) is 4.52. The van der Waals surface area contributed by atoms with Crippen molar-refractivity contribution in [3.05, 3.63) is 63.7 Å². The lowest BCUT2D eigenvalue weighted by atomic mass is 9.93. The van der Waals surface area contributed by atoms with Gasteiger partial charge >= 0.3 is 0 Å². The summed E-state index contributed by atoms with van der Waals surface area (Å²) in [5.41, 5.74) is 9.19. The molecule has 1 unspecified atom stereocenters. The molecule has 0 bridgehead atoms. The SMILES string of the molecule is CC(=O)c1cc(C(=O)Nc2ccc3[nH]c(=O)cc(C)c3c2)c(N2CCCC2C(C)(C)N)cn1. The van der Waals surface area contributed by atoms with Gasteiger partial charge in [-0.1, -0.05) is 0 Å². The molecule has 3 heterocycles. The maximum atomic E-state index is 13.4. The third-order valence-corrected chi connectivity index (χ3v) is 6.22. The smallest absolute Gasteiger partial charge is 0.257 e. The Kier molecular flexibility index (Phi) is 5.80. The highest BCUT2D eigenvalue weighted by atomic mass is 16.2. The van der Waals surface area contributed by atoms with Crippen LogP contribution in [0.1, 0.15) is 60.0 Å². The molecule has 1 aliphatic heterocycles. The summed E-state index contributed by atoms with van der Waals surface area (Å²) in [6, 6.07) is 8.46. The molecule has 4 N–H and O–H groups in total. The van der Waals surface area contributed by atoms with Crippen LogP contribution < -0.4 is 21.5 Å². The second-order valence-electron chi connectivity index (χ2n) is 9.35. The van der Waals surface area contributed by atoms with E-state index in [4.69, 9.17) is 5.73 Å². The van der Waals surface area contributed by atoms with Crippen LogP contribution in [0.25, 0.3) is 10.9 Å². The second-order valence-corrected chi connectivity index (χ2v) is 9.35. The number of anilines is 2. The number of amides is 1. The average molecular weight is 448 g/mol. The fraction of sp³-hybridized carbons (Fsp3) is 0.360. The van der Waals surface area contributed by atoms with Crippen molar-refractivity contribution in [2.75, 3.05) is 16.8 Å². The van der Waals surface area contributed by atoms with E-state index in [-0.39, 0.29) is 29.0 Å². The van der Waals surface area contributed by atoms with Gasteiger partial charge in [-0.3, -0.25) is 19.4 Å². The number of H-pyrrole nitrogens is 1. The maximum Gasteiger partial charge on any atom is 0.257 e.